The zero-order valence-corrected chi connectivity index (χ0v) is 11.7. The van der Waals surface area contributed by atoms with Gasteiger partial charge in [0.25, 0.3) is 0 Å². The number of nitrogens with zero attached hydrogens (tertiary/aromatic N) is 1. The van der Waals surface area contributed by atoms with Gasteiger partial charge in [0.1, 0.15) is 5.75 Å². The molecule has 0 aromatic heterocycles. The number of nitrogens with two attached hydrogens (primary N) is 1. The molecule has 1 saturated heterocycles. The topological polar surface area (TPSA) is 67.6 Å². The minimum Gasteiger partial charge on any atom is -0.496 e. The third-order valence-corrected chi connectivity index (χ3v) is 3.55. The summed E-state index contributed by atoms with van der Waals surface area (Å²) in [6.45, 7) is 5.80. The van der Waals surface area contributed by atoms with Gasteiger partial charge in [0.15, 0.2) is 0 Å². The molecule has 0 aliphatic carbocycles. The van der Waals surface area contributed by atoms with Gasteiger partial charge in [-0.15, -0.1) is 0 Å². The molecule has 1 aliphatic heterocycles. The van der Waals surface area contributed by atoms with Gasteiger partial charge in [-0.2, -0.15) is 0 Å². The second kappa shape index (κ2) is 5.48. The molecular weight excluding hydrogens is 242 g/mol. The summed E-state index contributed by atoms with van der Waals surface area (Å²) in [6.07, 6.45) is 0. The lowest BCUT2D eigenvalue weighted by atomic mass is 9.98. The molecule has 0 radical (unpaired) electrons. The highest BCUT2D eigenvalue weighted by atomic mass is 16.5. The van der Waals surface area contributed by atoms with Crippen LogP contribution in [0.1, 0.15) is 22.7 Å². The average Bonchev–Trinajstić information content (AvgIpc) is 2.73. The van der Waals surface area contributed by atoms with Crippen molar-refractivity contribution in [1.29, 1.82) is 0 Å². The molecule has 2 rings (SSSR count). The van der Waals surface area contributed by atoms with Crippen molar-refractivity contribution in [3.8, 4) is 5.75 Å². The van der Waals surface area contributed by atoms with E-state index in [0.29, 0.717) is 19.6 Å². The number of aryl methyl sites for hydroxylation is 2. The molecule has 0 saturated carbocycles. The molecule has 1 aromatic carbocycles. The number of amides is 2. The molecule has 0 spiro atoms. The zero-order chi connectivity index (χ0) is 14.0. The molecule has 1 unspecified atom stereocenters. The van der Waals surface area contributed by atoms with Crippen molar-refractivity contribution in [3.63, 3.8) is 0 Å². The molecule has 1 aromatic rings. The Hall–Kier alpha value is -1.75. The van der Waals surface area contributed by atoms with Crippen molar-refractivity contribution in [1.82, 2.24) is 10.2 Å². The maximum Gasteiger partial charge on any atom is 0.318 e. The van der Waals surface area contributed by atoms with Crippen LogP contribution in [-0.4, -0.2) is 37.7 Å². The van der Waals surface area contributed by atoms with Gasteiger partial charge >= 0.3 is 6.03 Å². The van der Waals surface area contributed by atoms with Crippen LogP contribution in [0.25, 0.3) is 0 Å². The summed E-state index contributed by atoms with van der Waals surface area (Å²) < 4.78 is 5.31. The second-order valence-corrected chi connectivity index (χ2v) is 4.92. The highest BCUT2D eigenvalue weighted by molar-refractivity contribution is 5.77. The number of hydrogen-bond acceptors (Lipinski definition) is 3. The van der Waals surface area contributed by atoms with Crippen LogP contribution in [0, 0.1) is 13.8 Å². The first kappa shape index (κ1) is 13.7. The Balaban J connectivity index is 2.24. The maximum atomic E-state index is 11.8. The lowest BCUT2D eigenvalue weighted by Gasteiger charge is -2.17. The van der Waals surface area contributed by atoms with E-state index in [1.807, 2.05) is 19.9 Å². The highest BCUT2D eigenvalue weighted by Crippen LogP contribution is 2.29. The number of nitrogens with one attached hydrogen (secondary N) is 1. The minimum absolute atomic E-state index is 0.0312. The summed E-state index contributed by atoms with van der Waals surface area (Å²) in [5.41, 5.74) is 8.86. The number of carbonyl (C=O) groups excluding carboxylic acids is 1. The number of rotatable bonds is 4. The Bertz CT molecular complexity index is 488. The van der Waals surface area contributed by atoms with Crippen LogP contribution in [0.2, 0.25) is 0 Å². The van der Waals surface area contributed by atoms with Gasteiger partial charge in [0.2, 0.25) is 0 Å². The van der Waals surface area contributed by atoms with E-state index >= 15 is 0 Å². The van der Waals surface area contributed by atoms with Crippen molar-refractivity contribution in [2.45, 2.75) is 19.9 Å². The van der Waals surface area contributed by atoms with Crippen LogP contribution < -0.4 is 15.8 Å². The number of methoxy groups -OCH3 is 1. The summed E-state index contributed by atoms with van der Waals surface area (Å²) in [4.78, 5) is 13.6. The quantitative estimate of drug-likeness (QED) is 0.861. The Morgan fingerprint density at radius 1 is 1.42 bits per heavy atom. The molecule has 0 bridgehead atoms. The average molecular weight is 263 g/mol. The molecule has 2 amide bonds. The monoisotopic (exact) mass is 263 g/mol. The highest BCUT2D eigenvalue weighted by Gasteiger charge is 2.30. The van der Waals surface area contributed by atoms with Crippen LogP contribution in [0.15, 0.2) is 12.1 Å². The molecule has 1 atom stereocenters. The predicted molar refractivity (Wildman–Crippen MR) is 74.4 cm³/mol. The van der Waals surface area contributed by atoms with E-state index in [-0.39, 0.29) is 12.1 Å². The fraction of sp³-hybridized carbons (Fsp3) is 0.500. The van der Waals surface area contributed by atoms with Crippen LogP contribution in [0.5, 0.6) is 5.75 Å². The van der Waals surface area contributed by atoms with E-state index in [0.717, 1.165) is 22.4 Å². The van der Waals surface area contributed by atoms with Crippen LogP contribution in [0.4, 0.5) is 4.79 Å². The molecule has 5 nitrogen and oxygen atoms in total. The third kappa shape index (κ3) is 2.66. The number of urea groups is 1. The molecule has 1 heterocycles. The van der Waals surface area contributed by atoms with E-state index in [4.69, 9.17) is 10.5 Å². The van der Waals surface area contributed by atoms with Gasteiger partial charge in [-0.05, 0) is 36.6 Å². The molecule has 19 heavy (non-hydrogen) atoms. The molecule has 104 valence electrons. The summed E-state index contributed by atoms with van der Waals surface area (Å²) >= 11 is 0. The Morgan fingerprint density at radius 2 is 2.16 bits per heavy atom. The molecule has 3 N–H and O–H groups in total. The lowest BCUT2D eigenvalue weighted by molar-refractivity contribution is 0.218. The van der Waals surface area contributed by atoms with Crippen molar-refractivity contribution >= 4 is 6.03 Å². The van der Waals surface area contributed by atoms with Crippen molar-refractivity contribution in [2.75, 3.05) is 26.7 Å². The second-order valence-electron chi connectivity index (χ2n) is 4.92. The molecule has 5 heteroatoms. The molecule has 1 aliphatic rings. The summed E-state index contributed by atoms with van der Waals surface area (Å²) in [5, 5.41) is 3.00. The van der Waals surface area contributed by atoms with Crippen LogP contribution in [0.3, 0.4) is 0 Å². The first-order chi connectivity index (χ1) is 9.06. The standard InChI is InChI=1S/C14H21N3O2/c1-9-7-13(19-3)10(2)6-11(9)12-8-17(5-4-15)14(18)16-12/h6-7,12H,4-5,8,15H2,1-3H3,(H,16,18). The summed E-state index contributed by atoms with van der Waals surface area (Å²) in [7, 11) is 1.67. The number of carbonyl (C=O) groups is 1. The van der Waals surface area contributed by atoms with Crippen molar-refractivity contribution in [3.05, 3.63) is 28.8 Å². The normalized spacial score (nSPS) is 18.6. The van der Waals surface area contributed by atoms with Gasteiger partial charge in [-0.25, -0.2) is 4.79 Å². The largest absolute Gasteiger partial charge is 0.496 e. The minimum atomic E-state index is -0.0386. The fourth-order valence-corrected chi connectivity index (χ4v) is 2.52. The first-order valence-electron chi connectivity index (χ1n) is 6.47. The van der Waals surface area contributed by atoms with Gasteiger partial charge in [0.05, 0.1) is 13.2 Å². The smallest absolute Gasteiger partial charge is 0.318 e. The SMILES string of the molecule is COc1cc(C)c(C2CN(CCN)C(=O)N2)cc1C. The van der Waals surface area contributed by atoms with Crippen molar-refractivity contribution in [2.24, 2.45) is 5.73 Å². The van der Waals surface area contributed by atoms with Gasteiger partial charge in [0, 0.05) is 19.6 Å². The van der Waals surface area contributed by atoms with Gasteiger partial charge in [-0.3, -0.25) is 0 Å². The summed E-state index contributed by atoms with van der Waals surface area (Å²) in [6, 6.07) is 4.10. The summed E-state index contributed by atoms with van der Waals surface area (Å²) in [5.74, 6) is 0.879. The number of hydrogen-bond donors (Lipinski definition) is 2. The van der Waals surface area contributed by atoms with E-state index in [1.165, 1.54) is 0 Å². The fourth-order valence-electron chi connectivity index (χ4n) is 2.52. The number of ether oxygens (including phenoxy) is 1. The van der Waals surface area contributed by atoms with Crippen LogP contribution >= 0.6 is 0 Å². The predicted octanol–water partition coefficient (Wildman–Crippen LogP) is 1.34. The first-order valence-corrected chi connectivity index (χ1v) is 6.47. The van der Waals surface area contributed by atoms with E-state index in [2.05, 4.69) is 11.4 Å². The Kier molecular flexibility index (Phi) is 3.95. The Labute approximate surface area is 113 Å². The number of benzene rings is 1. The maximum absolute atomic E-state index is 11.8. The van der Waals surface area contributed by atoms with E-state index in [1.54, 1.807) is 12.0 Å². The third-order valence-electron chi connectivity index (χ3n) is 3.55. The van der Waals surface area contributed by atoms with Crippen molar-refractivity contribution < 1.29 is 9.53 Å². The van der Waals surface area contributed by atoms with Gasteiger partial charge < -0.3 is 20.7 Å². The van der Waals surface area contributed by atoms with Crippen LogP contribution in [-0.2, 0) is 0 Å². The van der Waals surface area contributed by atoms with E-state index < -0.39 is 0 Å². The van der Waals surface area contributed by atoms with E-state index in [9.17, 15) is 4.79 Å². The van der Waals surface area contributed by atoms with Gasteiger partial charge in [-0.1, -0.05) is 6.07 Å². The lowest BCUT2D eigenvalue weighted by Crippen LogP contribution is -2.32. The molecular formula is C14H21N3O2. The Morgan fingerprint density at radius 3 is 2.79 bits per heavy atom. The zero-order valence-electron chi connectivity index (χ0n) is 11.7. The molecule has 1 fully saturated rings.